The summed E-state index contributed by atoms with van der Waals surface area (Å²) in [6.07, 6.45) is -0.731. The van der Waals surface area contributed by atoms with E-state index in [2.05, 4.69) is 20.3 Å². The van der Waals surface area contributed by atoms with E-state index in [9.17, 15) is 22.8 Å². The summed E-state index contributed by atoms with van der Waals surface area (Å²) < 4.78 is 37.5. The van der Waals surface area contributed by atoms with E-state index in [4.69, 9.17) is 9.47 Å². The van der Waals surface area contributed by atoms with Gasteiger partial charge >= 0.3 is 12.1 Å². The predicted molar refractivity (Wildman–Crippen MR) is 118 cm³/mol. The van der Waals surface area contributed by atoms with E-state index in [0.29, 0.717) is 5.69 Å². The predicted octanol–water partition coefficient (Wildman–Crippen LogP) is 2.58. The van der Waals surface area contributed by atoms with E-state index >= 15 is 0 Å². The van der Waals surface area contributed by atoms with E-state index in [1.807, 2.05) is 0 Å². The molecule has 1 aromatic heterocycles. The molecule has 0 aliphatic carbocycles. The zero-order valence-corrected chi connectivity index (χ0v) is 19.6. The number of aromatic nitrogens is 1. The number of esters is 1. The Balaban J connectivity index is 1.98. The summed E-state index contributed by atoms with van der Waals surface area (Å²) in [5.74, 6) is -1.25. The van der Waals surface area contributed by atoms with Crippen molar-refractivity contribution in [2.45, 2.75) is 38.2 Å². The van der Waals surface area contributed by atoms with Gasteiger partial charge in [-0.3, -0.25) is 9.52 Å². The Kier molecular flexibility index (Phi) is 8.16. The van der Waals surface area contributed by atoms with Crippen LogP contribution in [-0.4, -0.2) is 50.1 Å². The summed E-state index contributed by atoms with van der Waals surface area (Å²) >= 11 is 0.944. The van der Waals surface area contributed by atoms with Gasteiger partial charge in [-0.1, -0.05) is 0 Å². The monoisotopic (exact) mass is 484 g/mol. The largest absolute Gasteiger partial charge is 0.461 e. The first-order chi connectivity index (χ1) is 14.9. The number of ether oxygens (including phenoxy) is 2. The summed E-state index contributed by atoms with van der Waals surface area (Å²) in [6, 6.07) is 5.34. The quantitative estimate of drug-likeness (QED) is 0.483. The van der Waals surface area contributed by atoms with Crippen LogP contribution in [0.5, 0.6) is 0 Å². The number of hydrogen-bond donors (Lipinski definition) is 3. The number of amides is 2. The highest BCUT2D eigenvalue weighted by Gasteiger charge is 2.22. The van der Waals surface area contributed by atoms with Crippen LogP contribution in [0.15, 0.2) is 34.7 Å². The smallest absolute Gasteiger partial charge is 0.408 e. The zero-order valence-electron chi connectivity index (χ0n) is 17.9. The van der Waals surface area contributed by atoms with Gasteiger partial charge < -0.3 is 20.1 Å². The third-order valence-electron chi connectivity index (χ3n) is 3.50. The van der Waals surface area contributed by atoms with Crippen LogP contribution in [-0.2, 0) is 24.3 Å². The molecule has 2 rings (SSSR count). The second-order valence-electron chi connectivity index (χ2n) is 7.28. The van der Waals surface area contributed by atoms with Gasteiger partial charge in [0.25, 0.3) is 10.0 Å². The first-order valence-electron chi connectivity index (χ1n) is 9.41. The average molecular weight is 485 g/mol. The molecule has 0 fully saturated rings. The van der Waals surface area contributed by atoms with Crippen molar-refractivity contribution in [3.05, 3.63) is 35.5 Å². The summed E-state index contributed by atoms with van der Waals surface area (Å²) in [4.78, 5) is 39.2. The Bertz CT molecular complexity index is 1070. The summed E-state index contributed by atoms with van der Waals surface area (Å²) in [6.45, 7) is 6.53. The number of anilines is 2. The molecule has 0 atom stereocenters. The fourth-order valence-corrected chi connectivity index (χ4v) is 4.22. The maximum absolute atomic E-state index is 12.6. The number of rotatable bonds is 8. The molecule has 1 aromatic carbocycles. The van der Waals surface area contributed by atoms with Crippen molar-refractivity contribution < 1.29 is 32.3 Å². The van der Waals surface area contributed by atoms with Crippen molar-refractivity contribution in [1.29, 1.82) is 0 Å². The molecule has 0 saturated carbocycles. The first-order valence-corrected chi connectivity index (χ1v) is 11.8. The molecular weight excluding hydrogens is 460 g/mol. The molecule has 0 aliphatic rings. The number of alkyl carbamates (subject to hydrolysis) is 1. The van der Waals surface area contributed by atoms with Crippen molar-refractivity contribution in [1.82, 2.24) is 10.3 Å². The summed E-state index contributed by atoms with van der Waals surface area (Å²) in [5.41, 5.74) is 0.840. The van der Waals surface area contributed by atoms with Crippen molar-refractivity contribution in [2.75, 3.05) is 23.2 Å². The fraction of sp³-hybridized carbons (Fsp3) is 0.368. The standard InChI is InChI=1S/C19H24N4O7S2/c1-5-29-17(25)15-16(31-11-21-15)23-32(27,28)13-8-6-12(7-9-13)22-14(24)10-20-18(26)30-19(2,3)4/h6-9,11,23H,5,10H2,1-4H3,(H,20,26)(H,22,24). The lowest BCUT2D eigenvalue weighted by Gasteiger charge is -2.19. The van der Waals surface area contributed by atoms with Crippen LogP contribution in [0.2, 0.25) is 0 Å². The molecule has 0 bridgehead atoms. The van der Waals surface area contributed by atoms with Crippen molar-refractivity contribution in [2.24, 2.45) is 0 Å². The third kappa shape index (κ3) is 7.50. The highest BCUT2D eigenvalue weighted by Crippen LogP contribution is 2.25. The topological polar surface area (TPSA) is 153 Å². The Morgan fingerprint density at radius 2 is 1.78 bits per heavy atom. The van der Waals surface area contributed by atoms with Crippen LogP contribution >= 0.6 is 11.3 Å². The van der Waals surface area contributed by atoms with Gasteiger partial charge in [0.2, 0.25) is 5.91 Å². The summed E-state index contributed by atoms with van der Waals surface area (Å²) in [5, 5.41) is 4.89. The third-order valence-corrected chi connectivity index (χ3v) is 5.74. The molecule has 2 aromatic rings. The molecule has 2 amide bonds. The maximum atomic E-state index is 12.6. The van der Waals surface area contributed by atoms with E-state index < -0.39 is 33.6 Å². The van der Waals surface area contributed by atoms with Gasteiger partial charge in [0.05, 0.1) is 17.0 Å². The number of sulfonamides is 1. The molecule has 32 heavy (non-hydrogen) atoms. The van der Waals surface area contributed by atoms with Gasteiger partial charge in [-0.2, -0.15) is 0 Å². The van der Waals surface area contributed by atoms with Crippen LogP contribution in [0.4, 0.5) is 15.5 Å². The highest BCUT2D eigenvalue weighted by atomic mass is 32.2. The molecule has 174 valence electrons. The molecule has 0 unspecified atom stereocenters. The van der Waals surface area contributed by atoms with Crippen molar-refractivity contribution in [3.8, 4) is 0 Å². The average Bonchev–Trinajstić information content (AvgIpc) is 3.13. The van der Waals surface area contributed by atoms with E-state index in [0.717, 1.165) is 11.3 Å². The first kappa shape index (κ1) is 25.1. The molecule has 0 spiro atoms. The zero-order chi connectivity index (χ0) is 23.9. The highest BCUT2D eigenvalue weighted by molar-refractivity contribution is 7.93. The van der Waals surface area contributed by atoms with E-state index in [1.54, 1.807) is 27.7 Å². The van der Waals surface area contributed by atoms with Gasteiger partial charge in [-0.25, -0.2) is 23.0 Å². The number of carbonyl (C=O) groups is 3. The lowest BCUT2D eigenvalue weighted by molar-refractivity contribution is -0.115. The molecule has 1 heterocycles. The maximum Gasteiger partial charge on any atom is 0.408 e. The number of hydrogen-bond acceptors (Lipinski definition) is 9. The van der Waals surface area contributed by atoms with Gasteiger partial charge in [-0.15, -0.1) is 11.3 Å². The Labute approximate surface area is 189 Å². The minimum absolute atomic E-state index is 0.0362. The van der Waals surface area contributed by atoms with Crippen LogP contribution in [0.1, 0.15) is 38.2 Å². The van der Waals surface area contributed by atoms with Crippen molar-refractivity contribution >= 4 is 50.0 Å². The molecule has 0 saturated heterocycles. The summed E-state index contributed by atoms with van der Waals surface area (Å²) in [7, 11) is -4.01. The molecule has 0 aliphatic heterocycles. The van der Waals surface area contributed by atoms with Gasteiger partial charge in [-0.05, 0) is 52.0 Å². The fourth-order valence-electron chi connectivity index (χ4n) is 2.23. The number of carbonyl (C=O) groups excluding carboxylic acids is 3. The van der Waals surface area contributed by atoms with E-state index in [-0.39, 0.29) is 28.7 Å². The molecule has 3 N–H and O–H groups in total. The SMILES string of the molecule is CCOC(=O)c1ncsc1NS(=O)(=O)c1ccc(NC(=O)CNC(=O)OC(C)(C)C)cc1. The lowest BCUT2D eigenvalue weighted by Crippen LogP contribution is -2.37. The van der Waals surface area contributed by atoms with E-state index in [1.165, 1.54) is 29.8 Å². The van der Waals surface area contributed by atoms with Gasteiger partial charge in [0.15, 0.2) is 5.69 Å². The Hall–Kier alpha value is -3.19. The number of thiazole rings is 1. The van der Waals surface area contributed by atoms with Gasteiger partial charge in [0.1, 0.15) is 17.1 Å². The Morgan fingerprint density at radius 3 is 2.38 bits per heavy atom. The number of nitrogens with one attached hydrogen (secondary N) is 3. The Morgan fingerprint density at radius 1 is 1.12 bits per heavy atom. The second-order valence-corrected chi connectivity index (χ2v) is 9.82. The minimum Gasteiger partial charge on any atom is -0.461 e. The molecule has 0 radical (unpaired) electrons. The van der Waals surface area contributed by atoms with Crippen LogP contribution in [0, 0.1) is 0 Å². The minimum atomic E-state index is -4.01. The van der Waals surface area contributed by atoms with Gasteiger partial charge in [0, 0.05) is 5.69 Å². The second kappa shape index (κ2) is 10.4. The normalized spacial score (nSPS) is 11.4. The lowest BCUT2D eigenvalue weighted by atomic mass is 10.2. The number of benzene rings is 1. The number of nitrogens with zero attached hydrogens (tertiary/aromatic N) is 1. The molecule has 11 nitrogen and oxygen atoms in total. The van der Waals surface area contributed by atoms with Crippen molar-refractivity contribution in [3.63, 3.8) is 0 Å². The molecular formula is C19H24N4O7S2. The van der Waals surface area contributed by atoms with Crippen LogP contribution < -0.4 is 15.4 Å². The molecule has 13 heteroatoms. The van der Waals surface area contributed by atoms with Crippen LogP contribution in [0.3, 0.4) is 0 Å². The van der Waals surface area contributed by atoms with Crippen LogP contribution in [0.25, 0.3) is 0 Å².